The molecule has 1 aliphatic heterocycles. The fourth-order valence-corrected chi connectivity index (χ4v) is 2.54. The number of hydrogen-bond acceptors (Lipinski definition) is 4. The third kappa shape index (κ3) is 2.91. The van der Waals surface area contributed by atoms with Gasteiger partial charge in [-0.25, -0.2) is 4.79 Å². The third-order valence-corrected chi connectivity index (χ3v) is 3.49. The smallest absolute Gasteiger partial charge is 0.341 e. The highest BCUT2D eigenvalue weighted by Crippen LogP contribution is 2.30. The van der Waals surface area contributed by atoms with E-state index < -0.39 is 0 Å². The Balaban J connectivity index is 1.65. The zero-order valence-electron chi connectivity index (χ0n) is 12.2. The Bertz CT molecular complexity index is 663. The first-order valence-corrected chi connectivity index (χ1v) is 7.11. The van der Waals surface area contributed by atoms with Gasteiger partial charge in [0.25, 0.3) is 0 Å². The van der Waals surface area contributed by atoms with Gasteiger partial charge in [-0.3, -0.25) is 4.68 Å². The van der Waals surface area contributed by atoms with E-state index in [9.17, 15) is 4.79 Å². The number of carbonyl (C=O) groups is 1. The lowest BCUT2D eigenvalue weighted by atomic mass is 10.1. The van der Waals surface area contributed by atoms with E-state index in [2.05, 4.69) is 18.1 Å². The first kappa shape index (κ1) is 13.7. The summed E-state index contributed by atoms with van der Waals surface area (Å²) < 4.78 is 12.6. The highest BCUT2D eigenvalue weighted by atomic mass is 16.5. The molecule has 5 nitrogen and oxygen atoms in total. The molecular formula is C16H18N2O3. The SMILES string of the molecule is CCOC(=O)c1cnn(CC2Cc3cc(C)ccc3O2)c1. The fraction of sp³-hybridized carbons (Fsp3) is 0.375. The van der Waals surface area contributed by atoms with Crippen LogP contribution in [0.1, 0.15) is 28.4 Å². The highest BCUT2D eigenvalue weighted by molar-refractivity contribution is 5.88. The molecule has 1 unspecified atom stereocenters. The molecule has 0 bridgehead atoms. The molecule has 1 aromatic heterocycles. The number of esters is 1. The first-order chi connectivity index (χ1) is 10.2. The number of hydrogen-bond donors (Lipinski definition) is 0. The number of carbonyl (C=O) groups excluding carboxylic acids is 1. The number of rotatable bonds is 4. The van der Waals surface area contributed by atoms with Crippen molar-refractivity contribution in [3.63, 3.8) is 0 Å². The molecule has 0 amide bonds. The van der Waals surface area contributed by atoms with Gasteiger partial charge < -0.3 is 9.47 Å². The van der Waals surface area contributed by atoms with Crippen LogP contribution in [0.2, 0.25) is 0 Å². The number of fused-ring (bicyclic) bond motifs is 1. The van der Waals surface area contributed by atoms with Gasteiger partial charge in [0, 0.05) is 12.6 Å². The van der Waals surface area contributed by atoms with Crippen LogP contribution in [0.5, 0.6) is 5.75 Å². The van der Waals surface area contributed by atoms with E-state index in [1.165, 1.54) is 17.3 Å². The summed E-state index contributed by atoms with van der Waals surface area (Å²) in [5, 5.41) is 4.20. The number of ether oxygens (including phenoxy) is 2. The average molecular weight is 286 g/mol. The normalized spacial score (nSPS) is 16.4. The molecular weight excluding hydrogens is 268 g/mol. The van der Waals surface area contributed by atoms with Crippen LogP contribution < -0.4 is 4.74 Å². The Morgan fingerprint density at radius 3 is 3.19 bits per heavy atom. The standard InChI is InChI=1S/C16H18N2O3/c1-3-20-16(19)13-8-17-18(9-13)10-14-7-12-6-11(2)4-5-15(12)21-14/h4-6,8-9,14H,3,7,10H2,1-2H3. The molecule has 0 saturated carbocycles. The fourth-order valence-electron chi connectivity index (χ4n) is 2.54. The summed E-state index contributed by atoms with van der Waals surface area (Å²) in [4.78, 5) is 11.6. The Morgan fingerprint density at radius 1 is 1.52 bits per heavy atom. The second-order valence-electron chi connectivity index (χ2n) is 5.23. The minimum atomic E-state index is -0.338. The molecule has 1 atom stereocenters. The van der Waals surface area contributed by atoms with Crippen molar-refractivity contribution in [2.75, 3.05) is 6.61 Å². The first-order valence-electron chi connectivity index (χ1n) is 7.11. The van der Waals surface area contributed by atoms with Crippen LogP contribution >= 0.6 is 0 Å². The molecule has 2 heterocycles. The third-order valence-electron chi connectivity index (χ3n) is 3.49. The summed E-state index contributed by atoms with van der Waals surface area (Å²) >= 11 is 0. The van der Waals surface area contributed by atoms with Crippen LogP contribution in [0.4, 0.5) is 0 Å². The molecule has 0 N–H and O–H groups in total. The van der Waals surface area contributed by atoms with E-state index in [1.807, 2.05) is 12.1 Å². The van der Waals surface area contributed by atoms with Crippen molar-refractivity contribution >= 4 is 5.97 Å². The Hall–Kier alpha value is -2.30. The number of benzene rings is 1. The lowest BCUT2D eigenvalue weighted by Crippen LogP contribution is -2.21. The zero-order chi connectivity index (χ0) is 14.8. The minimum Gasteiger partial charge on any atom is -0.488 e. The van der Waals surface area contributed by atoms with Gasteiger partial charge in [0.1, 0.15) is 11.9 Å². The van der Waals surface area contributed by atoms with Crippen molar-refractivity contribution in [3.8, 4) is 5.75 Å². The highest BCUT2D eigenvalue weighted by Gasteiger charge is 2.23. The van der Waals surface area contributed by atoms with E-state index in [4.69, 9.17) is 9.47 Å². The Morgan fingerprint density at radius 2 is 2.38 bits per heavy atom. The van der Waals surface area contributed by atoms with Crippen LogP contribution in [-0.2, 0) is 17.7 Å². The number of aryl methyl sites for hydroxylation is 1. The maximum atomic E-state index is 11.6. The summed E-state index contributed by atoms with van der Waals surface area (Å²) in [6.45, 7) is 4.85. The van der Waals surface area contributed by atoms with E-state index in [0.29, 0.717) is 18.7 Å². The van der Waals surface area contributed by atoms with Crippen LogP contribution in [-0.4, -0.2) is 28.5 Å². The summed E-state index contributed by atoms with van der Waals surface area (Å²) in [5.74, 6) is 0.610. The van der Waals surface area contributed by atoms with Crippen LogP contribution in [0.15, 0.2) is 30.6 Å². The predicted octanol–water partition coefficient (Wildman–Crippen LogP) is 2.37. The Kier molecular flexibility index (Phi) is 3.64. The van der Waals surface area contributed by atoms with Gasteiger partial charge in [0.15, 0.2) is 0 Å². The summed E-state index contributed by atoms with van der Waals surface area (Å²) in [7, 11) is 0. The second-order valence-corrected chi connectivity index (χ2v) is 5.23. The monoisotopic (exact) mass is 286 g/mol. The van der Waals surface area contributed by atoms with E-state index in [1.54, 1.807) is 17.8 Å². The molecule has 0 radical (unpaired) electrons. The lowest BCUT2D eigenvalue weighted by molar-refractivity contribution is 0.0526. The topological polar surface area (TPSA) is 53.3 Å². The molecule has 21 heavy (non-hydrogen) atoms. The number of nitrogens with zero attached hydrogens (tertiary/aromatic N) is 2. The maximum Gasteiger partial charge on any atom is 0.341 e. The predicted molar refractivity (Wildman–Crippen MR) is 77.5 cm³/mol. The van der Waals surface area contributed by atoms with Gasteiger partial charge in [0.2, 0.25) is 0 Å². The molecule has 110 valence electrons. The van der Waals surface area contributed by atoms with Crippen molar-refractivity contribution in [1.82, 2.24) is 9.78 Å². The molecule has 5 heteroatoms. The molecule has 1 aromatic carbocycles. The number of aromatic nitrogens is 2. The van der Waals surface area contributed by atoms with Crippen LogP contribution in [0, 0.1) is 6.92 Å². The largest absolute Gasteiger partial charge is 0.488 e. The van der Waals surface area contributed by atoms with Gasteiger partial charge in [-0.1, -0.05) is 17.7 Å². The summed E-state index contributed by atoms with van der Waals surface area (Å²) in [5.41, 5.74) is 2.95. The summed E-state index contributed by atoms with van der Waals surface area (Å²) in [6, 6.07) is 6.22. The summed E-state index contributed by atoms with van der Waals surface area (Å²) in [6.07, 6.45) is 4.16. The van der Waals surface area contributed by atoms with Gasteiger partial charge >= 0.3 is 5.97 Å². The Labute approximate surface area is 123 Å². The zero-order valence-corrected chi connectivity index (χ0v) is 12.2. The van der Waals surface area contributed by atoms with Gasteiger partial charge in [-0.2, -0.15) is 5.10 Å². The van der Waals surface area contributed by atoms with Gasteiger partial charge in [-0.05, 0) is 25.5 Å². The molecule has 2 aromatic rings. The molecule has 0 aliphatic carbocycles. The maximum absolute atomic E-state index is 11.6. The van der Waals surface area contributed by atoms with E-state index in [0.717, 1.165) is 12.2 Å². The van der Waals surface area contributed by atoms with Gasteiger partial charge in [0.05, 0.1) is 24.9 Å². The molecule has 0 saturated heterocycles. The minimum absolute atomic E-state index is 0.0525. The van der Waals surface area contributed by atoms with Crippen molar-refractivity contribution < 1.29 is 14.3 Å². The van der Waals surface area contributed by atoms with Crippen molar-refractivity contribution in [3.05, 3.63) is 47.3 Å². The van der Waals surface area contributed by atoms with Gasteiger partial charge in [-0.15, -0.1) is 0 Å². The molecule has 0 fully saturated rings. The quantitative estimate of drug-likeness (QED) is 0.810. The lowest BCUT2D eigenvalue weighted by Gasteiger charge is -2.10. The molecule has 3 rings (SSSR count). The van der Waals surface area contributed by atoms with Crippen LogP contribution in [0.3, 0.4) is 0 Å². The van der Waals surface area contributed by atoms with Crippen molar-refractivity contribution in [1.29, 1.82) is 0 Å². The van der Waals surface area contributed by atoms with E-state index in [-0.39, 0.29) is 12.1 Å². The van der Waals surface area contributed by atoms with Crippen molar-refractivity contribution in [2.45, 2.75) is 32.9 Å². The van der Waals surface area contributed by atoms with Crippen molar-refractivity contribution in [2.24, 2.45) is 0 Å². The molecule has 1 aliphatic rings. The van der Waals surface area contributed by atoms with E-state index >= 15 is 0 Å². The van der Waals surface area contributed by atoms with Crippen LogP contribution in [0.25, 0.3) is 0 Å². The second kappa shape index (κ2) is 5.60. The molecule has 0 spiro atoms. The average Bonchev–Trinajstić information content (AvgIpc) is 3.05.